The van der Waals surface area contributed by atoms with E-state index in [9.17, 15) is 20.4 Å². The largest absolute Gasteiger partial charge is 0.462 e. The standard InChI is InChI=1S/C31H36N4O6/c1-34(2)21-11-5-18(6-12-21)25-26(19-7-13-22(14-8-19)35(3)4)33-30(32-25)20-9-15-23(16-10-20)40-31-29(39)28(38)27(37)24(17-36)41-31/h5-16,24,27-29,31,36-39H,17H2,1-4H3,(H,32,33)/t24-,27+,28+,29-,31-/m1/s1. The van der Waals surface area contributed by atoms with Crippen LogP contribution in [-0.2, 0) is 4.74 Å². The Morgan fingerprint density at radius 3 is 1.80 bits per heavy atom. The van der Waals surface area contributed by atoms with E-state index in [1.165, 1.54) is 0 Å². The summed E-state index contributed by atoms with van der Waals surface area (Å²) in [6.07, 6.45) is -6.74. The van der Waals surface area contributed by atoms with Crippen molar-refractivity contribution in [1.82, 2.24) is 9.97 Å². The zero-order valence-corrected chi connectivity index (χ0v) is 23.5. The van der Waals surface area contributed by atoms with Gasteiger partial charge in [0.2, 0.25) is 6.29 Å². The minimum absolute atomic E-state index is 0.378. The fourth-order valence-corrected chi connectivity index (χ4v) is 4.76. The van der Waals surface area contributed by atoms with Crippen LogP contribution in [0.3, 0.4) is 0 Å². The molecule has 2 heterocycles. The van der Waals surface area contributed by atoms with Gasteiger partial charge in [-0.15, -0.1) is 0 Å². The number of H-pyrrole nitrogens is 1. The summed E-state index contributed by atoms with van der Waals surface area (Å²) in [4.78, 5) is 12.6. The van der Waals surface area contributed by atoms with E-state index in [4.69, 9.17) is 14.5 Å². The third kappa shape index (κ3) is 5.92. The fraction of sp³-hybridized carbons (Fsp3) is 0.323. The Kier molecular flexibility index (Phi) is 8.30. The molecule has 10 nitrogen and oxygen atoms in total. The Morgan fingerprint density at radius 1 is 0.732 bits per heavy atom. The van der Waals surface area contributed by atoms with Gasteiger partial charge in [0.1, 0.15) is 36.0 Å². The van der Waals surface area contributed by atoms with E-state index in [0.29, 0.717) is 11.6 Å². The maximum absolute atomic E-state index is 10.3. The molecule has 1 aliphatic heterocycles. The number of anilines is 2. The van der Waals surface area contributed by atoms with Gasteiger partial charge in [-0.3, -0.25) is 0 Å². The van der Waals surface area contributed by atoms with Gasteiger partial charge in [0.15, 0.2) is 0 Å². The average Bonchev–Trinajstić information content (AvgIpc) is 3.43. The summed E-state index contributed by atoms with van der Waals surface area (Å²) in [7, 11) is 8.02. The first-order valence-corrected chi connectivity index (χ1v) is 13.4. The Balaban J connectivity index is 1.44. The van der Waals surface area contributed by atoms with Crippen LogP contribution in [0.25, 0.3) is 33.9 Å². The fourth-order valence-electron chi connectivity index (χ4n) is 4.76. The molecule has 41 heavy (non-hydrogen) atoms. The lowest BCUT2D eigenvalue weighted by atomic mass is 9.99. The summed E-state index contributed by atoms with van der Waals surface area (Å²) in [6.45, 7) is -0.525. The first kappa shape index (κ1) is 28.6. The van der Waals surface area contributed by atoms with Gasteiger partial charge in [0.05, 0.1) is 18.0 Å². The van der Waals surface area contributed by atoms with Gasteiger partial charge in [0, 0.05) is 56.3 Å². The number of imidazole rings is 1. The summed E-state index contributed by atoms with van der Waals surface area (Å²) in [5.74, 6) is 1.05. The molecular weight excluding hydrogens is 524 g/mol. The maximum Gasteiger partial charge on any atom is 0.229 e. The molecule has 5 rings (SSSR count). The number of hydrogen-bond acceptors (Lipinski definition) is 9. The SMILES string of the molecule is CN(C)c1ccc(-c2nc(-c3ccc(O[C@@H]4O[C@H](CO)[C@H](O)[C@H](O)[C@H]4O)cc3)[nH]c2-c2ccc(N(C)C)cc2)cc1. The molecule has 0 aliphatic carbocycles. The molecule has 1 fully saturated rings. The molecule has 1 saturated heterocycles. The zero-order valence-electron chi connectivity index (χ0n) is 23.5. The highest BCUT2D eigenvalue weighted by atomic mass is 16.7. The molecule has 0 radical (unpaired) electrons. The normalized spacial score (nSPS) is 22.4. The van der Waals surface area contributed by atoms with Crippen molar-refractivity contribution in [3.05, 3.63) is 72.8 Å². The number of nitrogens with one attached hydrogen (secondary N) is 1. The highest BCUT2D eigenvalue weighted by Gasteiger charge is 2.44. The maximum atomic E-state index is 10.3. The number of benzene rings is 3. The molecule has 0 saturated carbocycles. The minimum atomic E-state index is -1.51. The molecule has 0 spiro atoms. The van der Waals surface area contributed by atoms with Crippen LogP contribution in [0.4, 0.5) is 11.4 Å². The molecule has 1 aromatic heterocycles. The molecule has 3 aromatic carbocycles. The Hall–Kier alpha value is -3.93. The van der Waals surface area contributed by atoms with Gasteiger partial charge in [-0.2, -0.15) is 0 Å². The summed E-state index contributed by atoms with van der Waals surface area (Å²) in [6, 6.07) is 23.6. The second-order valence-electron chi connectivity index (χ2n) is 10.5. The second-order valence-corrected chi connectivity index (χ2v) is 10.5. The van der Waals surface area contributed by atoms with Gasteiger partial charge >= 0.3 is 0 Å². The lowest BCUT2D eigenvalue weighted by molar-refractivity contribution is -0.277. The van der Waals surface area contributed by atoms with Crippen molar-refractivity contribution in [2.45, 2.75) is 30.7 Å². The van der Waals surface area contributed by atoms with Crippen molar-refractivity contribution in [2.75, 3.05) is 44.6 Å². The van der Waals surface area contributed by atoms with Crippen LogP contribution < -0.4 is 14.5 Å². The van der Waals surface area contributed by atoms with Crippen molar-refractivity contribution in [2.24, 2.45) is 0 Å². The Labute approximate surface area is 239 Å². The van der Waals surface area contributed by atoms with E-state index >= 15 is 0 Å². The van der Waals surface area contributed by atoms with E-state index in [1.807, 2.05) is 40.3 Å². The van der Waals surface area contributed by atoms with E-state index in [-0.39, 0.29) is 0 Å². The van der Waals surface area contributed by atoms with Crippen molar-refractivity contribution in [3.8, 4) is 39.7 Å². The van der Waals surface area contributed by atoms with E-state index in [2.05, 4.69) is 63.3 Å². The van der Waals surface area contributed by atoms with Crippen molar-refractivity contribution >= 4 is 11.4 Å². The highest BCUT2D eigenvalue weighted by molar-refractivity contribution is 5.82. The first-order chi connectivity index (χ1) is 19.7. The molecule has 5 atom stereocenters. The molecule has 5 N–H and O–H groups in total. The molecular formula is C31H36N4O6. The quantitative estimate of drug-likeness (QED) is 0.221. The Bertz CT molecular complexity index is 1370. The number of aliphatic hydroxyl groups excluding tert-OH is 4. The predicted molar refractivity (Wildman–Crippen MR) is 158 cm³/mol. The van der Waals surface area contributed by atoms with Gasteiger partial charge in [-0.05, 0) is 48.5 Å². The van der Waals surface area contributed by atoms with E-state index < -0.39 is 37.3 Å². The third-order valence-electron chi connectivity index (χ3n) is 7.26. The number of rotatable bonds is 8. The topological polar surface area (TPSA) is 135 Å². The molecule has 0 bridgehead atoms. The summed E-state index contributed by atoms with van der Waals surface area (Å²) < 4.78 is 11.2. The lowest BCUT2D eigenvalue weighted by Crippen LogP contribution is -2.60. The van der Waals surface area contributed by atoms with Crippen LogP contribution in [0.15, 0.2) is 72.8 Å². The van der Waals surface area contributed by atoms with Crippen LogP contribution >= 0.6 is 0 Å². The molecule has 216 valence electrons. The summed E-state index contributed by atoms with van der Waals surface area (Å²) >= 11 is 0. The number of nitrogens with zero attached hydrogens (tertiary/aromatic N) is 3. The molecule has 4 aromatic rings. The molecule has 1 aliphatic rings. The van der Waals surface area contributed by atoms with E-state index in [0.717, 1.165) is 39.5 Å². The van der Waals surface area contributed by atoms with Crippen LogP contribution in [0.5, 0.6) is 5.75 Å². The number of hydrogen-bond donors (Lipinski definition) is 5. The Morgan fingerprint density at radius 2 is 1.27 bits per heavy atom. The van der Waals surface area contributed by atoms with Crippen molar-refractivity contribution < 1.29 is 29.9 Å². The van der Waals surface area contributed by atoms with E-state index in [1.54, 1.807) is 12.1 Å². The number of aromatic nitrogens is 2. The smallest absolute Gasteiger partial charge is 0.229 e. The number of ether oxygens (including phenoxy) is 2. The summed E-state index contributed by atoms with van der Waals surface area (Å²) in [5.41, 5.74) is 6.70. The van der Waals surface area contributed by atoms with Crippen LogP contribution in [0, 0.1) is 0 Å². The number of aliphatic hydroxyl groups is 4. The highest BCUT2D eigenvalue weighted by Crippen LogP contribution is 2.35. The van der Waals surface area contributed by atoms with Gasteiger partial charge in [-0.25, -0.2) is 4.98 Å². The molecule has 0 unspecified atom stereocenters. The van der Waals surface area contributed by atoms with Gasteiger partial charge < -0.3 is 44.7 Å². The first-order valence-electron chi connectivity index (χ1n) is 13.4. The molecule has 0 amide bonds. The second kappa shape index (κ2) is 11.9. The average molecular weight is 561 g/mol. The summed E-state index contributed by atoms with van der Waals surface area (Å²) in [5, 5.41) is 39.8. The van der Waals surface area contributed by atoms with Crippen LogP contribution in [0.1, 0.15) is 0 Å². The van der Waals surface area contributed by atoms with Crippen LogP contribution in [0.2, 0.25) is 0 Å². The zero-order chi connectivity index (χ0) is 29.3. The predicted octanol–water partition coefficient (Wildman–Crippen LogP) is 2.72. The lowest BCUT2D eigenvalue weighted by Gasteiger charge is -2.39. The third-order valence-corrected chi connectivity index (χ3v) is 7.26. The van der Waals surface area contributed by atoms with Crippen molar-refractivity contribution in [3.63, 3.8) is 0 Å². The molecule has 10 heteroatoms. The van der Waals surface area contributed by atoms with Gasteiger partial charge in [-0.1, -0.05) is 24.3 Å². The van der Waals surface area contributed by atoms with Gasteiger partial charge in [0.25, 0.3) is 0 Å². The minimum Gasteiger partial charge on any atom is -0.462 e. The number of aromatic amines is 1. The monoisotopic (exact) mass is 560 g/mol. The van der Waals surface area contributed by atoms with Crippen LogP contribution in [-0.4, -0.2) is 95.9 Å². The van der Waals surface area contributed by atoms with Crippen molar-refractivity contribution in [1.29, 1.82) is 0 Å².